The van der Waals surface area contributed by atoms with Gasteiger partial charge in [0.2, 0.25) is 0 Å². The highest BCUT2D eigenvalue weighted by Gasteiger charge is 2.50. The summed E-state index contributed by atoms with van der Waals surface area (Å²) in [5, 5.41) is 6.17. The summed E-state index contributed by atoms with van der Waals surface area (Å²) in [4.78, 5) is 27.4. The Morgan fingerprint density at radius 1 is 0.552 bits per heavy atom. The van der Waals surface area contributed by atoms with Crippen LogP contribution in [0.4, 0.5) is 0 Å². The van der Waals surface area contributed by atoms with Gasteiger partial charge in [-0.1, -0.05) is 97.1 Å². The molecule has 4 aromatic carbocycles. The number of rotatable bonds is 14. The lowest BCUT2D eigenvalue weighted by molar-refractivity contribution is -0.126. The van der Waals surface area contributed by atoms with E-state index in [-0.39, 0.29) is 21.2 Å². The first-order valence-corrected chi connectivity index (χ1v) is 22.9. The highest BCUT2D eigenvalue weighted by atomic mass is 32.2. The molecule has 0 fully saturated rings. The molecule has 14 heteroatoms. The minimum absolute atomic E-state index is 0.0296. The Bertz CT molecular complexity index is 2160. The quantitative estimate of drug-likeness (QED) is 0.0970. The topological polar surface area (TPSA) is 142 Å². The summed E-state index contributed by atoms with van der Waals surface area (Å²) >= 11 is 1.74. The lowest BCUT2D eigenvalue weighted by atomic mass is 10.1. The van der Waals surface area contributed by atoms with Crippen molar-refractivity contribution < 1.29 is 31.2 Å². The van der Waals surface area contributed by atoms with Crippen molar-refractivity contribution in [3.63, 3.8) is 0 Å². The molecule has 11 nitrogen and oxygen atoms in total. The van der Waals surface area contributed by atoms with Crippen LogP contribution in [0.5, 0.6) is 5.75 Å². The second kappa shape index (κ2) is 18.7. The second-order valence-corrected chi connectivity index (χ2v) is 20.1. The number of sulfonamides is 2. The molecule has 6 rings (SSSR count). The second-order valence-electron chi connectivity index (χ2n) is 15.5. The average Bonchev–Trinajstić information content (AvgIpc) is 3.52. The maximum absolute atomic E-state index is 13.2. The van der Waals surface area contributed by atoms with Crippen LogP contribution in [0.15, 0.2) is 138 Å². The van der Waals surface area contributed by atoms with Gasteiger partial charge in [0.1, 0.15) is 27.0 Å². The molecular formula is C44H52N4O7S3. The normalized spacial score (nSPS) is 16.3. The van der Waals surface area contributed by atoms with E-state index in [2.05, 4.69) is 22.8 Å². The van der Waals surface area contributed by atoms with Gasteiger partial charge in [-0.3, -0.25) is 9.59 Å². The molecule has 0 unspecified atom stereocenters. The van der Waals surface area contributed by atoms with Gasteiger partial charge in [-0.05, 0) is 95.5 Å². The molecule has 0 bridgehead atoms. The third-order valence-electron chi connectivity index (χ3n) is 8.81. The fraction of sp³-hybridized carbons (Fsp3) is 0.318. The monoisotopic (exact) mass is 844 g/mol. The van der Waals surface area contributed by atoms with Crippen molar-refractivity contribution in [3.8, 4) is 5.75 Å². The SMILES string of the molecule is CC(C)(C)N1C(=O)C(NCCCOc2ccccc2)=C(c2ccccc2)S1(=O)=O.CC(C)(C)N1C(=O)C(NCCCSc2ccccc2)=C(c2ccccc2)S1(=O)=O. The maximum atomic E-state index is 13.2. The van der Waals surface area contributed by atoms with Crippen LogP contribution in [0.1, 0.15) is 65.5 Å². The lowest BCUT2D eigenvalue weighted by Gasteiger charge is -2.30. The first-order chi connectivity index (χ1) is 27.5. The smallest absolute Gasteiger partial charge is 0.285 e. The molecule has 2 amide bonds. The number of carbonyl (C=O) groups excluding carboxylic acids is 2. The van der Waals surface area contributed by atoms with Gasteiger partial charge in [0.05, 0.1) is 17.7 Å². The van der Waals surface area contributed by atoms with E-state index in [0.29, 0.717) is 37.2 Å². The standard InChI is InChI=1S/C22H26N2O4S.C22H26N2O3S2/c2*1-22(2,3)24-21(25)19(20(29(24,26)27)17-11-6-4-7-12-17)23-15-10-16-28-18-13-8-5-9-14-18/h2*4-9,11-14,23H,10,15-16H2,1-3H3. The Hall–Kier alpha value is -5.05. The molecule has 58 heavy (non-hydrogen) atoms. The minimum Gasteiger partial charge on any atom is -0.494 e. The minimum atomic E-state index is -3.95. The van der Waals surface area contributed by atoms with Crippen LogP contribution in [0.3, 0.4) is 0 Å². The van der Waals surface area contributed by atoms with Crippen LogP contribution in [-0.4, -0.2) is 73.8 Å². The van der Waals surface area contributed by atoms with Gasteiger partial charge in [-0.15, -0.1) is 11.8 Å². The Morgan fingerprint density at radius 2 is 0.931 bits per heavy atom. The van der Waals surface area contributed by atoms with E-state index in [1.807, 2.05) is 60.7 Å². The van der Waals surface area contributed by atoms with Gasteiger partial charge in [0, 0.05) is 18.0 Å². The van der Waals surface area contributed by atoms with Gasteiger partial charge in [0.25, 0.3) is 31.9 Å². The zero-order chi connectivity index (χ0) is 42.1. The first kappa shape index (κ1) is 44.1. The summed E-state index contributed by atoms with van der Waals surface area (Å²) in [6, 6.07) is 37.1. The highest BCUT2D eigenvalue weighted by Crippen LogP contribution is 2.40. The summed E-state index contributed by atoms with van der Waals surface area (Å²) in [7, 11) is -7.88. The third kappa shape index (κ3) is 10.3. The zero-order valence-electron chi connectivity index (χ0n) is 33.8. The van der Waals surface area contributed by atoms with Gasteiger partial charge >= 0.3 is 0 Å². The van der Waals surface area contributed by atoms with Crippen molar-refractivity contribution in [2.45, 2.75) is 70.4 Å². The number of hydrogen-bond donors (Lipinski definition) is 2. The van der Waals surface area contributed by atoms with Crippen LogP contribution < -0.4 is 15.4 Å². The van der Waals surface area contributed by atoms with Gasteiger partial charge in [-0.2, -0.15) is 0 Å². The predicted octanol–water partition coefficient (Wildman–Crippen LogP) is 7.48. The lowest BCUT2D eigenvalue weighted by Crippen LogP contribution is -2.46. The van der Waals surface area contributed by atoms with E-state index in [4.69, 9.17) is 4.74 Å². The van der Waals surface area contributed by atoms with Gasteiger partial charge in [-0.25, -0.2) is 25.4 Å². The predicted molar refractivity (Wildman–Crippen MR) is 232 cm³/mol. The number of benzene rings is 4. The molecule has 2 aliphatic heterocycles. The average molecular weight is 845 g/mol. The Balaban J connectivity index is 0.000000221. The number of nitrogens with zero attached hydrogens (tertiary/aromatic N) is 2. The maximum Gasteiger partial charge on any atom is 0.285 e. The zero-order valence-corrected chi connectivity index (χ0v) is 36.2. The van der Waals surface area contributed by atoms with Crippen LogP contribution in [0, 0.1) is 0 Å². The highest BCUT2D eigenvalue weighted by molar-refractivity contribution is 8.00. The summed E-state index contributed by atoms with van der Waals surface area (Å²) in [5.74, 6) is 0.622. The van der Waals surface area contributed by atoms with Crippen molar-refractivity contribution in [2.24, 2.45) is 0 Å². The molecule has 0 saturated heterocycles. The largest absolute Gasteiger partial charge is 0.494 e. The number of carbonyl (C=O) groups is 2. The Kier molecular flexibility index (Phi) is 14.2. The Labute approximate surface area is 347 Å². The molecule has 0 aliphatic carbocycles. The first-order valence-electron chi connectivity index (χ1n) is 19.1. The van der Waals surface area contributed by atoms with Crippen molar-refractivity contribution in [2.75, 3.05) is 25.4 Å². The van der Waals surface area contributed by atoms with Crippen LogP contribution >= 0.6 is 11.8 Å². The molecule has 0 atom stereocenters. The number of ether oxygens (including phenoxy) is 1. The van der Waals surface area contributed by atoms with Crippen molar-refractivity contribution in [3.05, 3.63) is 144 Å². The molecule has 308 valence electrons. The number of thioether (sulfide) groups is 1. The molecule has 2 aliphatic rings. The number of hydrogen-bond acceptors (Lipinski definition) is 10. The fourth-order valence-electron chi connectivity index (χ4n) is 6.45. The molecular weight excluding hydrogens is 793 g/mol. The van der Waals surface area contributed by atoms with Crippen LogP contribution in [0.25, 0.3) is 9.81 Å². The summed E-state index contributed by atoms with van der Waals surface area (Å²) in [5.41, 5.74) is -0.413. The van der Waals surface area contributed by atoms with Crippen molar-refractivity contribution in [1.29, 1.82) is 0 Å². The number of para-hydroxylation sites is 1. The molecule has 0 radical (unpaired) electrons. The van der Waals surface area contributed by atoms with Crippen molar-refractivity contribution >= 4 is 53.4 Å². The molecule has 4 aromatic rings. The van der Waals surface area contributed by atoms with Gasteiger partial charge < -0.3 is 15.4 Å². The van der Waals surface area contributed by atoms with E-state index in [9.17, 15) is 26.4 Å². The summed E-state index contributed by atoms with van der Waals surface area (Å²) in [6.45, 7) is 11.7. The van der Waals surface area contributed by atoms with E-state index < -0.39 is 42.9 Å². The molecule has 0 saturated carbocycles. The summed E-state index contributed by atoms with van der Waals surface area (Å²) < 4.78 is 60.5. The fourth-order valence-corrected chi connectivity index (χ4v) is 11.5. The molecule has 0 aromatic heterocycles. The van der Waals surface area contributed by atoms with Gasteiger partial charge in [0.15, 0.2) is 0 Å². The van der Waals surface area contributed by atoms with E-state index >= 15 is 0 Å². The van der Waals surface area contributed by atoms with E-state index in [1.54, 1.807) is 102 Å². The molecule has 2 N–H and O–H groups in total. The Morgan fingerprint density at radius 3 is 1.34 bits per heavy atom. The van der Waals surface area contributed by atoms with Crippen molar-refractivity contribution in [1.82, 2.24) is 19.2 Å². The number of nitrogens with one attached hydrogen (secondary N) is 2. The number of amides is 2. The third-order valence-corrected chi connectivity index (χ3v) is 14.2. The van der Waals surface area contributed by atoms with Crippen LogP contribution in [0.2, 0.25) is 0 Å². The molecule has 2 heterocycles. The van der Waals surface area contributed by atoms with E-state index in [0.717, 1.165) is 26.5 Å². The van der Waals surface area contributed by atoms with Crippen LogP contribution in [-0.2, 0) is 29.6 Å². The molecule has 0 spiro atoms. The van der Waals surface area contributed by atoms with E-state index in [1.165, 1.54) is 4.90 Å². The summed E-state index contributed by atoms with van der Waals surface area (Å²) in [6.07, 6.45) is 1.41.